The van der Waals surface area contributed by atoms with Gasteiger partial charge in [-0.15, -0.1) is 0 Å². The van der Waals surface area contributed by atoms with Crippen molar-refractivity contribution in [2.24, 2.45) is 11.8 Å². The number of amides is 1. The number of fused-ring (bicyclic) bond motifs is 1. The average Bonchev–Trinajstić information content (AvgIpc) is 2.83. The molecule has 1 aromatic heterocycles. The Morgan fingerprint density at radius 1 is 1.00 bits per heavy atom. The van der Waals surface area contributed by atoms with Gasteiger partial charge in [-0.2, -0.15) is 0 Å². The average molecular weight is 500 g/mol. The molecule has 35 heavy (non-hydrogen) atoms. The summed E-state index contributed by atoms with van der Waals surface area (Å²) in [5, 5.41) is 0.701. The van der Waals surface area contributed by atoms with Crippen LogP contribution in [0.2, 0.25) is 5.02 Å². The van der Waals surface area contributed by atoms with Crippen LogP contribution < -0.4 is 20.7 Å². The minimum atomic E-state index is -0.582. The molecule has 1 aliphatic heterocycles. The maximum Gasteiger partial charge on any atom is 0.332 e. The minimum absolute atomic E-state index is 0.0202. The van der Waals surface area contributed by atoms with Gasteiger partial charge in [0, 0.05) is 24.2 Å². The number of methoxy groups -OCH3 is 2. The number of likely N-dealkylation sites (tertiary alicyclic amines) is 1. The van der Waals surface area contributed by atoms with E-state index in [1.165, 1.54) is 18.8 Å². The van der Waals surface area contributed by atoms with Crippen molar-refractivity contribution in [3.63, 3.8) is 0 Å². The number of aromatic nitrogens is 2. The second kappa shape index (κ2) is 10.2. The number of nitrogens with zero attached hydrogens (tertiary/aromatic N) is 3. The SMILES string of the molecule is COc1cc2c(=O)n(Cc3ccccc3Cl)c(=O)n(CC(=O)N3CC(C)CC(C)C3)c2cc1OC. The van der Waals surface area contributed by atoms with Crippen LogP contribution in [-0.2, 0) is 17.9 Å². The van der Waals surface area contributed by atoms with E-state index < -0.39 is 11.2 Å². The van der Waals surface area contributed by atoms with Gasteiger partial charge in [0.2, 0.25) is 5.91 Å². The molecular formula is C26H30ClN3O5. The summed E-state index contributed by atoms with van der Waals surface area (Å²) in [5.74, 6) is 1.33. The first-order valence-corrected chi connectivity index (χ1v) is 12.0. The summed E-state index contributed by atoms with van der Waals surface area (Å²) in [7, 11) is 2.95. The normalized spacial score (nSPS) is 18.0. The molecule has 2 aromatic carbocycles. The zero-order valence-corrected chi connectivity index (χ0v) is 21.2. The molecule has 1 fully saturated rings. The van der Waals surface area contributed by atoms with Crippen molar-refractivity contribution in [1.29, 1.82) is 0 Å². The second-order valence-electron chi connectivity index (χ2n) is 9.32. The predicted octanol–water partition coefficient (Wildman–Crippen LogP) is 3.39. The molecule has 9 heteroatoms. The van der Waals surface area contributed by atoms with Crippen LogP contribution in [-0.4, -0.2) is 47.3 Å². The molecule has 0 aliphatic carbocycles. The van der Waals surface area contributed by atoms with Crippen LogP contribution in [0, 0.1) is 11.8 Å². The fraction of sp³-hybridized carbons (Fsp3) is 0.423. The number of ether oxygens (including phenoxy) is 2. The van der Waals surface area contributed by atoms with Crippen LogP contribution in [0.3, 0.4) is 0 Å². The molecule has 8 nitrogen and oxygen atoms in total. The predicted molar refractivity (Wildman–Crippen MR) is 136 cm³/mol. The molecule has 0 spiro atoms. The smallest absolute Gasteiger partial charge is 0.332 e. The van der Waals surface area contributed by atoms with Crippen molar-refractivity contribution in [3.05, 3.63) is 67.8 Å². The number of carbonyl (C=O) groups excluding carboxylic acids is 1. The number of piperidine rings is 1. The van der Waals surface area contributed by atoms with Crippen LogP contribution in [0.15, 0.2) is 46.0 Å². The standard InChI is InChI=1S/C26H30ClN3O5/c1-16-9-17(2)13-28(12-16)24(31)15-29-21-11-23(35-4)22(34-3)10-19(21)25(32)30(26(29)33)14-18-7-5-6-8-20(18)27/h5-8,10-11,16-17H,9,12-15H2,1-4H3. The summed E-state index contributed by atoms with van der Waals surface area (Å²) in [5.41, 5.74) is -0.125. The summed E-state index contributed by atoms with van der Waals surface area (Å²) < 4.78 is 13.3. The van der Waals surface area contributed by atoms with Gasteiger partial charge >= 0.3 is 5.69 Å². The summed E-state index contributed by atoms with van der Waals surface area (Å²) in [4.78, 5) is 42.3. The van der Waals surface area contributed by atoms with E-state index in [-0.39, 0.29) is 24.4 Å². The Hall–Kier alpha value is -3.26. The minimum Gasteiger partial charge on any atom is -0.493 e. The molecule has 2 unspecified atom stereocenters. The first-order chi connectivity index (χ1) is 16.7. The quantitative estimate of drug-likeness (QED) is 0.519. The van der Waals surface area contributed by atoms with E-state index in [0.29, 0.717) is 52.5 Å². The number of hydrogen-bond acceptors (Lipinski definition) is 5. The Balaban J connectivity index is 1.88. The topological polar surface area (TPSA) is 82.8 Å². The van der Waals surface area contributed by atoms with E-state index in [1.54, 1.807) is 41.3 Å². The van der Waals surface area contributed by atoms with Gasteiger partial charge in [-0.25, -0.2) is 4.79 Å². The third-order valence-corrected chi connectivity index (χ3v) is 6.90. The largest absolute Gasteiger partial charge is 0.493 e. The van der Waals surface area contributed by atoms with Crippen molar-refractivity contribution in [2.45, 2.75) is 33.4 Å². The molecule has 1 amide bonds. The molecule has 4 rings (SSSR count). The molecule has 0 N–H and O–H groups in total. The number of halogens is 1. The van der Waals surface area contributed by atoms with E-state index >= 15 is 0 Å². The van der Waals surface area contributed by atoms with Crippen molar-refractivity contribution in [1.82, 2.24) is 14.0 Å². The first kappa shape index (κ1) is 24.9. The highest BCUT2D eigenvalue weighted by molar-refractivity contribution is 6.31. The molecule has 186 valence electrons. The molecular weight excluding hydrogens is 470 g/mol. The summed E-state index contributed by atoms with van der Waals surface area (Å²) in [6.07, 6.45) is 1.06. The monoisotopic (exact) mass is 499 g/mol. The molecule has 2 heterocycles. The molecule has 0 bridgehead atoms. The van der Waals surface area contributed by atoms with E-state index in [2.05, 4.69) is 13.8 Å². The fourth-order valence-corrected chi connectivity index (χ4v) is 5.13. The van der Waals surface area contributed by atoms with Gasteiger partial charge in [-0.1, -0.05) is 43.6 Å². The maximum absolute atomic E-state index is 13.7. The zero-order valence-electron chi connectivity index (χ0n) is 20.4. The number of hydrogen-bond donors (Lipinski definition) is 0. The molecule has 1 aliphatic rings. The van der Waals surface area contributed by atoms with E-state index in [9.17, 15) is 14.4 Å². The lowest BCUT2D eigenvalue weighted by molar-refractivity contribution is -0.134. The van der Waals surface area contributed by atoms with Crippen molar-refractivity contribution in [3.8, 4) is 11.5 Å². The third kappa shape index (κ3) is 4.93. The molecule has 0 saturated carbocycles. The van der Waals surface area contributed by atoms with Gasteiger partial charge in [-0.3, -0.25) is 18.7 Å². The Morgan fingerprint density at radius 2 is 1.63 bits per heavy atom. The van der Waals surface area contributed by atoms with Crippen LogP contribution in [0.4, 0.5) is 0 Å². The second-order valence-corrected chi connectivity index (χ2v) is 9.73. The number of benzene rings is 2. The van der Waals surface area contributed by atoms with Gasteiger partial charge in [0.15, 0.2) is 11.5 Å². The van der Waals surface area contributed by atoms with Gasteiger partial charge < -0.3 is 14.4 Å². The van der Waals surface area contributed by atoms with Crippen LogP contribution in [0.5, 0.6) is 11.5 Å². The summed E-state index contributed by atoms with van der Waals surface area (Å²) in [6, 6.07) is 10.2. The Kier molecular flexibility index (Phi) is 7.21. The number of carbonyl (C=O) groups is 1. The van der Waals surface area contributed by atoms with Crippen molar-refractivity contribution < 1.29 is 14.3 Å². The molecule has 3 aromatic rings. The maximum atomic E-state index is 13.7. The Bertz CT molecular complexity index is 1370. The first-order valence-electron chi connectivity index (χ1n) is 11.6. The lowest BCUT2D eigenvalue weighted by atomic mass is 9.92. The van der Waals surface area contributed by atoms with Crippen molar-refractivity contribution >= 4 is 28.4 Å². The van der Waals surface area contributed by atoms with Gasteiger partial charge in [0.1, 0.15) is 6.54 Å². The van der Waals surface area contributed by atoms with Crippen LogP contribution in [0.1, 0.15) is 25.8 Å². The number of rotatable bonds is 6. The molecule has 1 saturated heterocycles. The Morgan fingerprint density at radius 3 is 2.26 bits per heavy atom. The summed E-state index contributed by atoms with van der Waals surface area (Å²) >= 11 is 6.32. The zero-order chi connectivity index (χ0) is 25.3. The van der Waals surface area contributed by atoms with Gasteiger partial charge in [0.05, 0.1) is 31.7 Å². The van der Waals surface area contributed by atoms with Crippen LogP contribution in [0.25, 0.3) is 10.9 Å². The van der Waals surface area contributed by atoms with Crippen molar-refractivity contribution in [2.75, 3.05) is 27.3 Å². The highest BCUT2D eigenvalue weighted by Crippen LogP contribution is 2.31. The van der Waals surface area contributed by atoms with Gasteiger partial charge in [-0.05, 0) is 36.0 Å². The van der Waals surface area contributed by atoms with E-state index in [0.717, 1.165) is 11.0 Å². The lowest BCUT2D eigenvalue weighted by Crippen LogP contribution is -2.47. The Labute approximate surface area is 208 Å². The van der Waals surface area contributed by atoms with Gasteiger partial charge in [0.25, 0.3) is 5.56 Å². The third-order valence-electron chi connectivity index (χ3n) is 6.53. The highest BCUT2D eigenvalue weighted by Gasteiger charge is 2.27. The highest BCUT2D eigenvalue weighted by atomic mass is 35.5. The fourth-order valence-electron chi connectivity index (χ4n) is 4.93. The lowest BCUT2D eigenvalue weighted by Gasteiger charge is -2.35. The summed E-state index contributed by atoms with van der Waals surface area (Å²) in [6.45, 7) is 5.33. The molecule has 2 atom stereocenters. The van der Waals surface area contributed by atoms with Crippen LogP contribution >= 0.6 is 11.6 Å². The van der Waals surface area contributed by atoms with E-state index in [1.807, 2.05) is 0 Å². The molecule has 0 radical (unpaired) electrons. The van der Waals surface area contributed by atoms with E-state index in [4.69, 9.17) is 21.1 Å².